The van der Waals surface area contributed by atoms with Crippen molar-refractivity contribution in [1.29, 1.82) is 0 Å². The van der Waals surface area contributed by atoms with Crippen LogP contribution in [0.5, 0.6) is 0 Å². The second-order valence-corrected chi connectivity index (χ2v) is 7.91. The molecule has 0 bridgehead atoms. The van der Waals surface area contributed by atoms with Crippen molar-refractivity contribution in [2.24, 2.45) is 0 Å². The van der Waals surface area contributed by atoms with Gasteiger partial charge in [-0.25, -0.2) is 0 Å². The van der Waals surface area contributed by atoms with Gasteiger partial charge < -0.3 is 4.57 Å². The van der Waals surface area contributed by atoms with E-state index >= 15 is 0 Å². The number of para-hydroxylation sites is 1. The molecule has 4 nitrogen and oxygen atoms in total. The third-order valence-electron chi connectivity index (χ3n) is 4.20. The molecule has 0 unspecified atom stereocenters. The minimum atomic E-state index is -3.34. The molecule has 1 aromatic heterocycles. The van der Waals surface area contributed by atoms with Crippen LogP contribution in [0.15, 0.2) is 60.8 Å². The van der Waals surface area contributed by atoms with E-state index in [1.54, 1.807) is 0 Å². The van der Waals surface area contributed by atoms with Crippen LogP contribution < -0.4 is 0 Å². The third kappa shape index (κ3) is 4.94. The van der Waals surface area contributed by atoms with E-state index in [4.69, 9.17) is 4.18 Å². The molecule has 0 saturated carbocycles. The number of fused-ring (bicyclic) bond motifs is 1. The van der Waals surface area contributed by atoms with Gasteiger partial charge in [-0.3, -0.25) is 4.18 Å². The van der Waals surface area contributed by atoms with Crippen molar-refractivity contribution in [3.63, 3.8) is 0 Å². The number of hydrogen-bond donors (Lipinski definition) is 0. The summed E-state index contributed by atoms with van der Waals surface area (Å²) in [5, 5.41) is 1.27. The Morgan fingerprint density at radius 3 is 2.44 bits per heavy atom. The quantitative estimate of drug-likeness (QED) is 0.452. The molecule has 0 amide bonds. The molecule has 0 spiro atoms. The van der Waals surface area contributed by atoms with Crippen molar-refractivity contribution < 1.29 is 12.6 Å². The molecule has 132 valence electrons. The van der Waals surface area contributed by atoms with E-state index in [1.807, 2.05) is 6.07 Å². The van der Waals surface area contributed by atoms with Gasteiger partial charge in [-0.1, -0.05) is 48.5 Å². The standard InChI is InChI=1S/C20H23NO3S/c1-25(22,23)24-14-8-7-11-18-16-21(15-17-9-3-2-4-10-17)20-13-6-5-12-19(18)20/h2-6,9-10,12-13,16H,7-8,11,14-15H2,1H3. The first kappa shape index (κ1) is 17.7. The van der Waals surface area contributed by atoms with Crippen molar-refractivity contribution in [2.75, 3.05) is 12.9 Å². The molecule has 3 aromatic rings. The molecule has 1 heterocycles. The van der Waals surface area contributed by atoms with Gasteiger partial charge in [0.25, 0.3) is 10.1 Å². The van der Waals surface area contributed by atoms with Crippen LogP contribution >= 0.6 is 0 Å². The summed E-state index contributed by atoms with van der Waals surface area (Å²) in [5.74, 6) is 0. The average Bonchev–Trinajstić information content (AvgIpc) is 2.93. The lowest BCUT2D eigenvalue weighted by Crippen LogP contribution is -2.04. The second-order valence-electron chi connectivity index (χ2n) is 6.27. The summed E-state index contributed by atoms with van der Waals surface area (Å²) in [4.78, 5) is 0. The van der Waals surface area contributed by atoms with Crippen LogP contribution in [0.4, 0.5) is 0 Å². The predicted octanol–water partition coefficient (Wildman–Crippen LogP) is 3.99. The van der Waals surface area contributed by atoms with Gasteiger partial charge in [-0.05, 0) is 36.5 Å². The van der Waals surface area contributed by atoms with Crippen LogP contribution in [-0.2, 0) is 27.3 Å². The zero-order valence-electron chi connectivity index (χ0n) is 14.4. The van der Waals surface area contributed by atoms with E-state index in [2.05, 4.69) is 59.3 Å². The number of hydrogen-bond acceptors (Lipinski definition) is 3. The van der Waals surface area contributed by atoms with Crippen molar-refractivity contribution in [3.8, 4) is 0 Å². The largest absolute Gasteiger partial charge is 0.343 e. The van der Waals surface area contributed by atoms with Gasteiger partial charge in [0.2, 0.25) is 0 Å². The van der Waals surface area contributed by atoms with Crippen LogP contribution in [0.1, 0.15) is 24.0 Å². The molecule has 2 aromatic carbocycles. The van der Waals surface area contributed by atoms with E-state index in [0.29, 0.717) is 0 Å². The van der Waals surface area contributed by atoms with Gasteiger partial charge in [0.05, 0.1) is 12.9 Å². The van der Waals surface area contributed by atoms with Gasteiger partial charge in [0.1, 0.15) is 0 Å². The van der Waals surface area contributed by atoms with Crippen molar-refractivity contribution >= 4 is 21.0 Å². The summed E-state index contributed by atoms with van der Waals surface area (Å²) in [6, 6.07) is 18.8. The molecule has 25 heavy (non-hydrogen) atoms. The van der Waals surface area contributed by atoms with E-state index in [-0.39, 0.29) is 6.61 Å². The first-order chi connectivity index (χ1) is 12.0. The molecule has 0 aliphatic carbocycles. The van der Waals surface area contributed by atoms with E-state index in [9.17, 15) is 8.42 Å². The lowest BCUT2D eigenvalue weighted by atomic mass is 10.1. The summed E-state index contributed by atoms with van der Waals surface area (Å²) >= 11 is 0. The zero-order chi connectivity index (χ0) is 17.7. The van der Waals surface area contributed by atoms with Crippen LogP contribution in [0.3, 0.4) is 0 Å². The summed E-state index contributed by atoms with van der Waals surface area (Å²) in [6.07, 6.45) is 5.84. The highest BCUT2D eigenvalue weighted by atomic mass is 32.2. The van der Waals surface area contributed by atoms with Crippen LogP contribution in [-0.4, -0.2) is 25.8 Å². The Morgan fingerprint density at radius 1 is 0.960 bits per heavy atom. The van der Waals surface area contributed by atoms with Crippen molar-refractivity contribution in [1.82, 2.24) is 4.57 Å². The molecule has 0 saturated heterocycles. The van der Waals surface area contributed by atoms with Gasteiger partial charge in [-0.15, -0.1) is 0 Å². The van der Waals surface area contributed by atoms with Crippen LogP contribution in [0.2, 0.25) is 0 Å². The molecule has 0 aliphatic rings. The summed E-state index contributed by atoms with van der Waals surface area (Å²) in [6.45, 7) is 1.10. The summed E-state index contributed by atoms with van der Waals surface area (Å²) in [5.41, 5.74) is 3.80. The van der Waals surface area contributed by atoms with Gasteiger partial charge >= 0.3 is 0 Å². The number of nitrogens with zero attached hydrogens (tertiary/aromatic N) is 1. The Bertz CT molecular complexity index is 930. The molecule has 0 radical (unpaired) electrons. The Labute approximate surface area is 149 Å². The topological polar surface area (TPSA) is 48.3 Å². The molecule has 0 N–H and O–H groups in total. The normalized spacial score (nSPS) is 11.9. The van der Waals surface area contributed by atoms with E-state index < -0.39 is 10.1 Å². The Hall–Kier alpha value is -2.11. The predicted molar refractivity (Wildman–Crippen MR) is 101 cm³/mol. The molecule has 5 heteroatoms. The molecule has 0 fully saturated rings. The van der Waals surface area contributed by atoms with Gasteiger partial charge in [0, 0.05) is 23.6 Å². The average molecular weight is 357 g/mol. The maximum atomic E-state index is 11.0. The lowest BCUT2D eigenvalue weighted by molar-refractivity contribution is 0.312. The maximum Gasteiger partial charge on any atom is 0.264 e. The Morgan fingerprint density at radius 2 is 1.68 bits per heavy atom. The summed E-state index contributed by atoms with van der Waals surface area (Å²) in [7, 11) is -3.34. The molecule has 0 atom stereocenters. The smallest absolute Gasteiger partial charge is 0.264 e. The first-order valence-corrected chi connectivity index (χ1v) is 10.3. The number of benzene rings is 2. The number of unbranched alkanes of at least 4 members (excludes halogenated alkanes) is 1. The highest BCUT2D eigenvalue weighted by Gasteiger charge is 2.09. The van der Waals surface area contributed by atoms with Gasteiger partial charge in [0.15, 0.2) is 0 Å². The Kier molecular flexibility index (Phi) is 5.56. The number of aromatic nitrogens is 1. The fraction of sp³-hybridized carbons (Fsp3) is 0.300. The van der Waals surface area contributed by atoms with Crippen molar-refractivity contribution in [3.05, 3.63) is 71.9 Å². The second kappa shape index (κ2) is 7.85. The molecule has 0 aliphatic heterocycles. The fourth-order valence-electron chi connectivity index (χ4n) is 3.06. The third-order valence-corrected chi connectivity index (χ3v) is 4.80. The van der Waals surface area contributed by atoms with Crippen LogP contribution in [0.25, 0.3) is 10.9 Å². The molecular formula is C20H23NO3S. The molecule has 3 rings (SSSR count). The minimum absolute atomic E-state index is 0.251. The zero-order valence-corrected chi connectivity index (χ0v) is 15.2. The number of rotatable bonds is 8. The minimum Gasteiger partial charge on any atom is -0.343 e. The molecular weight excluding hydrogens is 334 g/mol. The SMILES string of the molecule is CS(=O)(=O)OCCCCc1cn(Cc2ccccc2)c2ccccc12. The van der Waals surface area contributed by atoms with E-state index in [0.717, 1.165) is 32.1 Å². The van der Waals surface area contributed by atoms with Gasteiger partial charge in [-0.2, -0.15) is 8.42 Å². The highest BCUT2D eigenvalue weighted by Crippen LogP contribution is 2.24. The van der Waals surface area contributed by atoms with Crippen molar-refractivity contribution in [2.45, 2.75) is 25.8 Å². The monoisotopic (exact) mass is 357 g/mol. The first-order valence-electron chi connectivity index (χ1n) is 8.48. The summed E-state index contributed by atoms with van der Waals surface area (Å²) < 4.78 is 29.1. The lowest BCUT2D eigenvalue weighted by Gasteiger charge is -2.05. The van der Waals surface area contributed by atoms with Crippen LogP contribution in [0, 0.1) is 0 Å². The Balaban J connectivity index is 1.71. The highest BCUT2D eigenvalue weighted by molar-refractivity contribution is 7.85. The number of aryl methyl sites for hydroxylation is 1. The maximum absolute atomic E-state index is 11.0. The van der Waals surface area contributed by atoms with E-state index in [1.165, 1.54) is 22.0 Å². The fourth-order valence-corrected chi connectivity index (χ4v) is 3.48.